The molecule has 0 heterocycles. The summed E-state index contributed by atoms with van der Waals surface area (Å²) in [7, 11) is 0. The maximum absolute atomic E-state index is 13.0. The Balaban J connectivity index is 2.58. The van der Waals surface area contributed by atoms with Gasteiger partial charge in [-0.3, -0.25) is 0 Å². The highest BCUT2D eigenvalue weighted by Crippen LogP contribution is 2.39. The van der Waals surface area contributed by atoms with Crippen molar-refractivity contribution < 1.29 is 9.50 Å². The van der Waals surface area contributed by atoms with E-state index in [1.165, 1.54) is 6.07 Å². The molecule has 1 aromatic carbocycles. The summed E-state index contributed by atoms with van der Waals surface area (Å²) in [4.78, 5) is 0. The van der Waals surface area contributed by atoms with Gasteiger partial charge in [0.2, 0.25) is 0 Å². The molecule has 0 spiro atoms. The third kappa shape index (κ3) is 0.897. The first kappa shape index (κ1) is 6.65. The molecule has 58 valence electrons. The lowest BCUT2D eigenvalue weighted by Gasteiger charge is -2.02. The average Bonchev–Trinajstić information content (AvgIpc) is 2.34. The fourth-order valence-corrected chi connectivity index (χ4v) is 1.61. The summed E-state index contributed by atoms with van der Waals surface area (Å²) in [5, 5.41) is 9.26. The Bertz CT molecular complexity index is 283. The van der Waals surface area contributed by atoms with Crippen LogP contribution in [0.15, 0.2) is 18.2 Å². The summed E-state index contributed by atoms with van der Waals surface area (Å²) in [5.41, 5.74) is 1.46. The molecule has 0 saturated carbocycles. The number of phenolic OH excluding ortho intramolecular Hbond substituents is 1. The smallest absolute Gasteiger partial charge is 0.129 e. The van der Waals surface area contributed by atoms with Crippen LogP contribution in [-0.4, -0.2) is 5.11 Å². The number of rotatable bonds is 0. The zero-order valence-electron chi connectivity index (χ0n) is 6.05. The normalized spacial score (nSPS) is 21.7. The second kappa shape index (κ2) is 2.22. The molecule has 0 aliphatic heterocycles. The van der Waals surface area contributed by atoms with Crippen LogP contribution in [0, 0.1) is 0 Å². The first-order valence-electron chi connectivity index (χ1n) is 3.74. The van der Waals surface area contributed by atoms with Crippen LogP contribution < -0.4 is 0 Å². The number of aryl methyl sites for hydroxylation is 1. The number of halogens is 1. The van der Waals surface area contributed by atoms with E-state index >= 15 is 0 Å². The van der Waals surface area contributed by atoms with E-state index in [2.05, 4.69) is 0 Å². The number of phenols is 1. The molecule has 0 aromatic heterocycles. The Kier molecular flexibility index (Phi) is 1.34. The molecule has 11 heavy (non-hydrogen) atoms. The van der Waals surface area contributed by atoms with Gasteiger partial charge in [0.05, 0.1) is 0 Å². The van der Waals surface area contributed by atoms with Crippen molar-refractivity contribution in [1.82, 2.24) is 0 Å². The van der Waals surface area contributed by atoms with E-state index in [-0.39, 0.29) is 5.75 Å². The predicted octanol–water partition coefficient (Wildman–Crippen LogP) is 2.35. The Hall–Kier alpha value is -1.05. The van der Waals surface area contributed by atoms with Crippen molar-refractivity contribution in [3.8, 4) is 5.75 Å². The van der Waals surface area contributed by atoms with Gasteiger partial charge >= 0.3 is 0 Å². The predicted molar refractivity (Wildman–Crippen MR) is 40.3 cm³/mol. The monoisotopic (exact) mass is 152 g/mol. The van der Waals surface area contributed by atoms with Crippen molar-refractivity contribution >= 4 is 0 Å². The van der Waals surface area contributed by atoms with Gasteiger partial charge in [0.25, 0.3) is 0 Å². The van der Waals surface area contributed by atoms with Gasteiger partial charge in [-0.1, -0.05) is 12.1 Å². The topological polar surface area (TPSA) is 20.2 Å². The summed E-state index contributed by atoms with van der Waals surface area (Å²) >= 11 is 0. The molecule has 1 unspecified atom stereocenters. The lowest BCUT2D eigenvalue weighted by molar-refractivity contribution is 0.332. The van der Waals surface area contributed by atoms with Crippen LogP contribution in [-0.2, 0) is 6.42 Å². The minimum atomic E-state index is -0.953. The molecule has 0 amide bonds. The largest absolute Gasteiger partial charge is 0.508 e. The average molecular weight is 152 g/mol. The Labute approximate surface area is 64.5 Å². The minimum absolute atomic E-state index is 0.104. The number of alkyl halides is 1. The summed E-state index contributed by atoms with van der Waals surface area (Å²) in [6, 6.07) is 5.16. The molecule has 0 saturated heterocycles. The van der Waals surface area contributed by atoms with Gasteiger partial charge in [-0.25, -0.2) is 4.39 Å². The molecule has 1 atom stereocenters. The summed E-state index contributed by atoms with van der Waals surface area (Å²) < 4.78 is 13.0. The molecule has 1 N–H and O–H groups in total. The van der Waals surface area contributed by atoms with Crippen LogP contribution in [0.4, 0.5) is 4.39 Å². The lowest BCUT2D eigenvalue weighted by Crippen LogP contribution is -1.84. The molecule has 2 rings (SSSR count). The van der Waals surface area contributed by atoms with E-state index in [9.17, 15) is 9.50 Å². The van der Waals surface area contributed by atoms with Gasteiger partial charge in [-0.05, 0) is 24.5 Å². The third-order valence-electron chi connectivity index (χ3n) is 2.15. The molecule has 0 bridgehead atoms. The van der Waals surface area contributed by atoms with Crippen molar-refractivity contribution in [3.63, 3.8) is 0 Å². The van der Waals surface area contributed by atoms with Gasteiger partial charge in [0.15, 0.2) is 0 Å². The molecule has 0 fully saturated rings. The number of fused-ring (bicyclic) bond motifs is 1. The van der Waals surface area contributed by atoms with Crippen LogP contribution in [0.3, 0.4) is 0 Å². The molecular formula is C9H9FO. The highest BCUT2D eigenvalue weighted by atomic mass is 19.1. The SMILES string of the molecule is Oc1cccc2c1C(F)CC2. The van der Waals surface area contributed by atoms with Crippen molar-refractivity contribution in [2.75, 3.05) is 0 Å². The van der Waals surface area contributed by atoms with Crippen LogP contribution >= 0.6 is 0 Å². The molecular weight excluding hydrogens is 143 g/mol. The highest BCUT2D eigenvalue weighted by molar-refractivity contribution is 5.43. The van der Waals surface area contributed by atoms with E-state index in [1.807, 2.05) is 6.07 Å². The van der Waals surface area contributed by atoms with E-state index < -0.39 is 6.17 Å². The van der Waals surface area contributed by atoms with Crippen molar-refractivity contribution in [2.45, 2.75) is 19.0 Å². The Morgan fingerprint density at radius 2 is 2.27 bits per heavy atom. The molecule has 1 aliphatic rings. The minimum Gasteiger partial charge on any atom is -0.508 e. The van der Waals surface area contributed by atoms with E-state index in [1.54, 1.807) is 6.07 Å². The summed E-state index contributed by atoms with van der Waals surface area (Å²) in [6.45, 7) is 0. The van der Waals surface area contributed by atoms with Crippen LogP contribution in [0.25, 0.3) is 0 Å². The molecule has 1 aliphatic carbocycles. The van der Waals surface area contributed by atoms with Gasteiger partial charge in [0, 0.05) is 5.56 Å². The van der Waals surface area contributed by atoms with Gasteiger partial charge in [0.1, 0.15) is 11.9 Å². The number of benzene rings is 1. The van der Waals surface area contributed by atoms with Crippen LogP contribution in [0.5, 0.6) is 5.75 Å². The lowest BCUT2D eigenvalue weighted by atomic mass is 10.1. The van der Waals surface area contributed by atoms with Crippen molar-refractivity contribution in [1.29, 1.82) is 0 Å². The molecule has 1 aromatic rings. The number of aromatic hydroxyl groups is 1. The zero-order chi connectivity index (χ0) is 7.84. The Morgan fingerprint density at radius 1 is 1.45 bits per heavy atom. The Morgan fingerprint density at radius 3 is 3.00 bits per heavy atom. The molecule has 1 nitrogen and oxygen atoms in total. The fourth-order valence-electron chi connectivity index (χ4n) is 1.61. The number of hydrogen-bond acceptors (Lipinski definition) is 1. The quantitative estimate of drug-likeness (QED) is 0.605. The second-order valence-electron chi connectivity index (χ2n) is 2.86. The van der Waals surface area contributed by atoms with E-state index in [0.717, 1.165) is 12.0 Å². The molecule has 0 radical (unpaired) electrons. The standard InChI is InChI=1S/C9H9FO/c10-7-5-4-6-2-1-3-8(11)9(6)7/h1-3,7,11H,4-5H2. The third-order valence-corrected chi connectivity index (χ3v) is 2.15. The van der Waals surface area contributed by atoms with Crippen LogP contribution in [0.2, 0.25) is 0 Å². The summed E-state index contributed by atoms with van der Waals surface area (Å²) in [5.74, 6) is 0.104. The van der Waals surface area contributed by atoms with Crippen molar-refractivity contribution in [3.05, 3.63) is 29.3 Å². The second-order valence-corrected chi connectivity index (χ2v) is 2.86. The maximum Gasteiger partial charge on any atom is 0.129 e. The maximum atomic E-state index is 13.0. The highest BCUT2D eigenvalue weighted by Gasteiger charge is 2.24. The first-order chi connectivity index (χ1) is 5.29. The molecule has 2 heteroatoms. The van der Waals surface area contributed by atoms with Gasteiger partial charge < -0.3 is 5.11 Å². The number of hydrogen-bond donors (Lipinski definition) is 1. The zero-order valence-corrected chi connectivity index (χ0v) is 6.05. The summed E-state index contributed by atoms with van der Waals surface area (Å²) in [6.07, 6.45) is 0.323. The van der Waals surface area contributed by atoms with Crippen LogP contribution in [0.1, 0.15) is 23.7 Å². The van der Waals surface area contributed by atoms with Gasteiger partial charge in [-0.15, -0.1) is 0 Å². The van der Waals surface area contributed by atoms with E-state index in [4.69, 9.17) is 0 Å². The van der Waals surface area contributed by atoms with E-state index in [0.29, 0.717) is 12.0 Å². The fraction of sp³-hybridized carbons (Fsp3) is 0.333. The first-order valence-corrected chi connectivity index (χ1v) is 3.74. The van der Waals surface area contributed by atoms with Crippen molar-refractivity contribution in [2.24, 2.45) is 0 Å². The van der Waals surface area contributed by atoms with Gasteiger partial charge in [-0.2, -0.15) is 0 Å².